The van der Waals surface area contributed by atoms with Gasteiger partial charge in [0, 0.05) is 127 Å². The number of hydrogen-bond acceptors (Lipinski definition) is 18. The Bertz CT molecular complexity index is 2140. The number of nitrogens with zero attached hydrogens (tertiary/aromatic N) is 5. The van der Waals surface area contributed by atoms with Crippen LogP contribution in [0.1, 0.15) is 103 Å². The van der Waals surface area contributed by atoms with Gasteiger partial charge in [-0.2, -0.15) is 23.5 Å². The summed E-state index contributed by atoms with van der Waals surface area (Å²) in [7, 11) is 0. The number of carboxylic acids is 3. The van der Waals surface area contributed by atoms with Gasteiger partial charge >= 0.3 is 17.9 Å². The van der Waals surface area contributed by atoms with Crippen molar-refractivity contribution in [3.8, 4) is 0 Å². The van der Waals surface area contributed by atoms with Crippen LogP contribution < -0.4 is 38.5 Å². The minimum Gasteiger partial charge on any atom is -0.480 e. The molecule has 0 spiro atoms. The maximum atomic E-state index is 13.7. The van der Waals surface area contributed by atoms with Crippen molar-refractivity contribution < 1.29 is 68.0 Å². The van der Waals surface area contributed by atoms with Crippen LogP contribution in [0, 0.1) is 11.8 Å². The lowest BCUT2D eigenvalue weighted by molar-refractivity contribution is -0.140. The van der Waals surface area contributed by atoms with E-state index in [1.165, 1.54) is 0 Å². The van der Waals surface area contributed by atoms with Crippen molar-refractivity contribution in [2.24, 2.45) is 29.0 Å². The first-order chi connectivity index (χ1) is 38.4. The van der Waals surface area contributed by atoms with E-state index in [1.807, 2.05) is 50.8 Å². The summed E-state index contributed by atoms with van der Waals surface area (Å²) in [4.78, 5) is 132. The van der Waals surface area contributed by atoms with Gasteiger partial charge in [-0.05, 0) is 43.2 Å². The van der Waals surface area contributed by atoms with Crippen molar-refractivity contribution in [1.82, 2.24) is 45.9 Å². The Morgan fingerprint density at radius 3 is 1.58 bits per heavy atom. The van der Waals surface area contributed by atoms with Crippen molar-refractivity contribution in [1.29, 1.82) is 0 Å². The third kappa shape index (κ3) is 32.0. The molecule has 2 saturated heterocycles. The summed E-state index contributed by atoms with van der Waals surface area (Å²) in [5.74, 6) is -3.29. The molecule has 1 aromatic rings. The zero-order valence-corrected chi connectivity index (χ0v) is 49.3. The number of aliphatic carboxylic acids is 3. The molecule has 458 valence electrons. The van der Waals surface area contributed by atoms with E-state index in [1.54, 1.807) is 38.2 Å². The monoisotopic (exact) mass is 1180 g/mol. The summed E-state index contributed by atoms with van der Waals surface area (Å²) < 4.78 is 5.49. The molecule has 3 atom stereocenters. The van der Waals surface area contributed by atoms with Gasteiger partial charge in [0.25, 0.3) is 0 Å². The minimum atomic E-state index is -1.21. The highest BCUT2D eigenvalue weighted by Gasteiger charge is 2.43. The van der Waals surface area contributed by atoms with Gasteiger partial charge in [-0.1, -0.05) is 46.6 Å². The molecule has 81 heavy (non-hydrogen) atoms. The lowest BCUT2D eigenvalue weighted by Crippen LogP contribution is -2.64. The summed E-state index contributed by atoms with van der Waals surface area (Å²) in [5.41, 5.74) is 16.5. The van der Waals surface area contributed by atoms with Crippen molar-refractivity contribution in [2.75, 3.05) is 110 Å². The van der Waals surface area contributed by atoms with E-state index >= 15 is 0 Å². The number of primary amides is 3. The highest BCUT2D eigenvalue weighted by molar-refractivity contribution is 7.98. The molecule has 0 aliphatic carbocycles. The number of amides is 7. The van der Waals surface area contributed by atoms with Crippen molar-refractivity contribution in [3.63, 3.8) is 0 Å². The van der Waals surface area contributed by atoms with Gasteiger partial charge in [0.05, 0.1) is 37.6 Å². The molecule has 7 amide bonds. The van der Waals surface area contributed by atoms with Crippen LogP contribution in [-0.2, 0) is 64.2 Å². The molecule has 0 radical (unpaired) electrons. The predicted octanol–water partition coefficient (Wildman–Crippen LogP) is -0.350. The van der Waals surface area contributed by atoms with Crippen molar-refractivity contribution in [3.05, 3.63) is 29.6 Å². The normalized spacial score (nSPS) is 16.9. The molecule has 2 aliphatic heterocycles. The molecule has 2 aliphatic rings. The molecule has 3 rings (SSSR count). The van der Waals surface area contributed by atoms with E-state index < -0.39 is 53.3 Å². The molecule has 0 unspecified atom stereocenters. The number of carboxylic acid groups (broad SMARTS) is 3. The molecule has 0 aromatic carbocycles. The lowest BCUT2D eigenvalue weighted by atomic mass is 9.87. The van der Waals surface area contributed by atoms with Gasteiger partial charge in [-0.15, -0.1) is 0 Å². The van der Waals surface area contributed by atoms with Crippen LogP contribution in [0.4, 0.5) is 0 Å². The van der Waals surface area contributed by atoms with Gasteiger partial charge in [-0.3, -0.25) is 72.5 Å². The Hall–Kier alpha value is -5.65. The Morgan fingerprint density at radius 2 is 1.14 bits per heavy atom. The first-order valence-electron chi connectivity index (χ1n) is 27.7. The van der Waals surface area contributed by atoms with Gasteiger partial charge in [0.15, 0.2) is 0 Å². The van der Waals surface area contributed by atoms with Crippen LogP contribution in [0.3, 0.4) is 0 Å². The smallest absolute Gasteiger partial charge is 0.317 e. The first kappa shape index (κ1) is 71.5. The maximum absolute atomic E-state index is 13.7. The zero-order chi connectivity index (χ0) is 60.3. The SMILES string of the molecule is CC[C@H](C)[C@H](NC(=O)[C@H](CC(C)C)NC(=O)C1(NC(=O)CCSCc2cccc(CSCCC(N)=O)n2)CCOCC1)C(N)=O.NC(=O)CCCCCNC(=O)CN1CCN(CC(=O)O)CCN(CC(=O)O)CCN(CC(=O)O)CC1. The number of carbonyl (C=O) groups is 10. The third-order valence-corrected chi connectivity index (χ3v) is 15.4. The number of ether oxygens (including phenoxy) is 1. The second-order valence-electron chi connectivity index (χ2n) is 20.8. The highest BCUT2D eigenvalue weighted by atomic mass is 32.2. The Morgan fingerprint density at radius 1 is 0.654 bits per heavy atom. The Kier molecular flexibility index (Phi) is 35.0. The molecule has 1 aromatic heterocycles. The van der Waals surface area contributed by atoms with E-state index in [0.717, 1.165) is 17.8 Å². The molecule has 26 nitrogen and oxygen atoms in total. The number of aromatic nitrogens is 1. The average molecular weight is 1180 g/mol. The summed E-state index contributed by atoms with van der Waals surface area (Å²) in [5, 5.41) is 39.1. The molecule has 2 fully saturated rings. The fraction of sp³-hybridized carbons (Fsp3) is 0.717. The average Bonchev–Trinajstić information content (AvgIpc) is 3.39. The largest absolute Gasteiger partial charge is 0.480 e. The topological polar surface area (TPSA) is 393 Å². The standard InChI is InChI=1S/C31H50N6O6S2.C22H40N6O8/c1-5-21(4)27(28(33)40)36-29(41)24(17-20(2)3)35-30(42)31(11-13-43-14-12-31)37-26(39)10-16-45-19-23-8-6-7-22(34-23)18-44-15-9-25(32)38;23-18(29)4-2-1-3-5-24-19(30)14-25-6-8-26(15-20(31)32)10-12-28(17-22(35)36)13-11-27(9-7-25)16-21(33)34/h6-8,20-21,24,27H,5,9-19H2,1-4H3,(H2,32,38)(H2,33,40)(H,35,42)(H,36,41)(H,37,39);1-17H2,(H2,23,29)(H,24,30)(H,31,32)(H,33,34)(H,35,36)/t21-,24-,27-;/m0./s1. The molecular weight excluding hydrogens is 1090 g/mol. The van der Waals surface area contributed by atoms with E-state index in [0.29, 0.717) is 134 Å². The van der Waals surface area contributed by atoms with Crippen LogP contribution in [-0.4, -0.2) is 227 Å². The van der Waals surface area contributed by atoms with E-state index in [4.69, 9.17) is 21.9 Å². The Balaban J connectivity index is 0.000000568. The summed E-state index contributed by atoms with van der Waals surface area (Å²) in [6.07, 6.45) is 4.54. The van der Waals surface area contributed by atoms with Crippen LogP contribution in [0.15, 0.2) is 18.2 Å². The number of nitrogens with two attached hydrogens (primary N) is 3. The maximum Gasteiger partial charge on any atom is 0.317 e. The number of nitrogens with one attached hydrogen (secondary N) is 4. The molecule has 0 bridgehead atoms. The second-order valence-corrected chi connectivity index (χ2v) is 23.0. The quantitative estimate of drug-likeness (QED) is 0.0394. The third-order valence-electron chi connectivity index (χ3n) is 13.4. The van der Waals surface area contributed by atoms with Crippen LogP contribution in [0.25, 0.3) is 0 Å². The van der Waals surface area contributed by atoms with Crippen LogP contribution in [0.5, 0.6) is 0 Å². The van der Waals surface area contributed by atoms with E-state index in [9.17, 15) is 63.3 Å². The zero-order valence-electron chi connectivity index (χ0n) is 47.7. The minimum absolute atomic E-state index is 0.0738. The highest BCUT2D eigenvalue weighted by Crippen LogP contribution is 2.23. The predicted molar refractivity (Wildman–Crippen MR) is 307 cm³/mol. The first-order valence-corrected chi connectivity index (χ1v) is 30.0. The van der Waals surface area contributed by atoms with Gasteiger partial charge < -0.3 is 58.5 Å². The second kappa shape index (κ2) is 39.7. The lowest BCUT2D eigenvalue weighted by Gasteiger charge is -2.38. The molecule has 3 heterocycles. The number of rotatable bonds is 34. The molecule has 13 N–H and O–H groups in total. The number of hydrogen-bond donors (Lipinski definition) is 10. The number of thioether (sulfide) groups is 2. The molecule has 28 heteroatoms. The van der Waals surface area contributed by atoms with E-state index in [-0.39, 0.29) is 80.9 Å². The van der Waals surface area contributed by atoms with E-state index in [2.05, 4.69) is 26.3 Å². The van der Waals surface area contributed by atoms with Crippen molar-refractivity contribution in [2.45, 2.75) is 121 Å². The number of carbonyl (C=O) groups excluding carboxylic acids is 7. The fourth-order valence-electron chi connectivity index (χ4n) is 8.69. The molecule has 0 saturated carbocycles. The number of unbranched alkanes of at least 4 members (excludes halogenated alkanes) is 2. The summed E-state index contributed by atoms with van der Waals surface area (Å²) in [6, 6.07) is 4.06. The van der Waals surface area contributed by atoms with Gasteiger partial charge in [0.1, 0.15) is 17.6 Å². The fourth-order valence-corrected chi connectivity index (χ4v) is 10.4. The summed E-state index contributed by atoms with van der Waals surface area (Å²) >= 11 is 3.17. The van der Waals surface area contributed by atoms with Crippen molar-refractivity contribution >= 4 is 82.8 Å². The Labute approximate surface area is 484 Å². The van der Waals surface area contributed by atoms with Crippen LogP contribution >= 0.6 is 23.5 Å². The van der Waals surface area contributed by atoms with Gasteiger partial charge in [-0.25, -0.2) is 0 Å². The summed E-state index contributed by atoms with van der Waals surface area (Å²) in [6.45, 7) is 10.9. The molecular formula is C53H90N12O14S2. The van der Waals surface area contributed by atoms with Gasteiger partial charge in [0.2, 0.25) is 41.4 Å². The van der Waals surface area contributed by atoms with Crippen LogP contribution in [0.2, 0.25) is 0 Å². The number of pyridine rings is 1.